The van der Waals surface area contributed by atoms with Crippen LogP contribution in [0, 0.1) is 6.92 Å². The summed E-state index contributed by atoms with van der Waals surface area (Å²) in [5.41, 5.74) is 0.944. The standard InChI is InChI=1S/C14H18O5S/c1-4-13(14(18-3)9-10-15)19-20(16,17)12-7-5-11(2)6-8-12/h4-8,10,13-14H,1,9H2,2-3H3/t13-,14-/m1/s1. The lowest BCUT2D eigenvalue weighted by molar-refractivity contribution is -0.111. The number of carbonyl (C=O) groups excluding carboxylic acids is 1. The average Bonchev–Trinajstić information content (AvgIpc) is 2.43. The molecule has 1 aromatic rings. The molecule has 6 heteroatoms. The van der Waals surface area contributed by atoms with Crippen LogP contribution < -0.4 is 0 Å². The Hall–Kier alpha value is -1.50. The maximum atomic E-state index is 12.1. The fourth-order valence-electron chi connectivity index (χ4n) is 1.62. The summed E-state index contributed by atoms with van der Waals surface area (Å²) < 4.78 is 34.4. The van der Waals surface area contributed by atoms with E-state index in [1.807, 2.05) is 6.92 Å². The Morgan fingerprint density at radius 2 is 1.90 bits per heavy atom. The van der Waals surface area contributed by atoms with E-state index in [1.54, 1.807) is 12.1 Å². The Bertz CT molecular complexity index is 547. The van der Waals surface area contributed by atoms with E-state index in [-0.39, 0.29) is 11.3 Å². The van der Waals surface area contributed by atoms with E-state index in [0.29, 0.717) is 6.29 Å². The summed E-state index contributed by atoms with van der Waals surface area (Å²) in [7, 11) is -2.55. The number of carbonyl (C=O) groups is 1. The van der Waals surface area contributed by atoms with Crippen LogP contribution >= 0.6 is 0 Å². The summed E-state index contributed by atoms with van der Waals surface area (Å²) in [5.74, 6) is 0. The lowest BCUT2D eigenvalue weighted by Crippen LogP contribution is -2.31. The van der Waals surface area contributed by atoms with Crippen molar-refractivity contribution in [1.82, 2.24) is 0 Å². The molecule has 1 aromatic carbocycles. The highest BCUT2D eigenvalue weighted by molar-refractivity contribution is 7.86. The molecule has 0 spiro atoms. The van der Waals surface area contributed by atoms with Gasteiger partial charge in [0.2, 0.25) is 0 Å². The highest BCUT2D eigenvalue weighted by Crippen LogP contribution is 2.18. The van der Waals surface area contributed by atoms with E-state index in [9.17, 15) is 13.2 Å². The summed E-state index contributed by atoms with van der Waals surface area (Å²) >= 11 is 0. The van der Waals surface area contributed by atoms with E-state index in [4.69, 9.17) is 8.92 Å². The summed E-state index contributed by atoms with van der Waals surface area (Å²) in [6, 6.07) is 6.29. The van der Waals surface area contributed by atoms with Crippen molar-refractivity contribution < 1.29 is 22.1 Å². The van der Waals surface area contributed by atoms with Gasteiger partial charge in [-0.15, -0.1) is 6.58 Å². The van der Waals surface area contributed by atoms with Crippen LogP contribution in [0.1, 0.15) is 12.0 Å². The van der Waals surface area contributed by atoms with Gasteiger partial charge in [0.1, 0.15) is 12.4 Å². The largest absolute Gasteiger partial charge is 0.378 e. The van der Waals surface area contributed by atoms with Gasteiger partial charge < -0.3 is 9.53 Å². The van der Waals surface area contributed by atoms with Crippen molar-refractivity contribution in [1.29, 1.82) is 0 Å². The van der Waals surface area contributed by atoms with Crippen LogP contribution in [0.4, 0.5) is 0 Å². The van der Waals surface area contributed by atoms with Gasteiger partial charge in [-0.25, -0.2) is 0 Å². The SMILES string of the molecule is C=C[C@@H](OS(=O)(=O)c1ccc(C)cc1)[C@@H](CC=O)OC. The molecule has 0 fully saturated rings. The molecule has 0 saturated carbocycles. The first-order valence-corrected chi connectivity index (χ1v) is 7.44. The number of benzene rings is 1. The number of rotatable bonds is 8. The molecule has 0 radical (unpaired) electrons. The molecule has 5 nitrogen and oxygen atoms in total. The molecule has 0 bridgehead atoms. The second-order valence-corrected chi connectivity index (χ2v) is 5.81. The van der Waals surface area contributed by atoms with Gasteiger partial charge in [0.15, 0.2) is 0 Å². The smallest absolute Gasteiger partial charge is 0.297 e. The van der Waals surface area contributed by atoms with Gasteiger partial charge in [-0.05, 0) is 19.1 Å². The van der Waals surface area contributed by atoms with Crippen molar-refractivity contribution in [2.45, 2.75) is 30.4 Å². The first-order chi connectivity index (χ1) is 9.44. The molecule has 0 amide bonds. The molecule has 0 unspecified atom stereocenters. The summed E-state index contributed by atoms with van der Waals surface area (Å²) in [6.07, 6.45) is 0.369. The maximum absolute atomic E-state index is 12.1. The Kier molecular flexibility index (Phi) is 6.06. The second-order valence-electron chi connectivity index (χ2n) is 4.24. The van der Waals surface area contributed by atoms with Gasteiger partial charge in [-0.3, -0.25) is 4.18 Å². The molecule has 0 aliphatic rings. The van der Waals surface area contributed by atoms with Gasteiger partial charge in [0, 0.05) is 13.5 Å². The predicted octanol–water partition coefficient (Wildman–Crippen LogP) is 1.86. The number of aldehydes is 1. The fourth-order valence-corrected chi connectivity index (χ4v) is 2.69. The van der Waals surface area contributed by atoms with Gasteiger partial charge in [0.05, 0.1) is 11.0 Å². The molecule has 0 aromatic heterocycles. The Balaban J connectivity index is 2.95. The van der Waals surface area contributed by atoms with Crippen molar-refractivity contribution in [3.63, 3.8) is 0 Å². The topological polar surface area (TPSA) is 69.7 Å². The van der Waals surface area contributed by atoms with Crippen LogP contribution in [0.15, 0.2) is 41.8 Å². The molecular formula is C14H18O5S. The third kappa shape index (κ3) is 4.26. The zero-order valence-electron chi connectivity index (χ0n) is 11.5. The highest BCUT2D eigenvalue weighted by atomic mass is 32.2. The normalized spacial score (nSPS) is 14.5. The first-order valence-electron chi connectivity index (χ1n) is 6.03. The number of hydrogen-bond acceptors (Lipinski definition) is 5. The quantitative estimate of drug-likeness (QED) is 0.416. The summed E-state index contributed by atoms with van der Waals surface area (Å²) in [5, 5.41) is 0. The monoisotopic (exact) mass is 298 g/mol. The van der Waals surface area contributed by atoms with Gasteiger partial charge >= 0.3 is 0 Å². The number of methoxy groups -OCH3 is 1. The van der Waals surface area contributed by atoms with E-state index >= 15 is 0 Å². The van der Waals surface area contributed by atoms with Crippen LogP contribution in [0.2, 0.25) is 0 Å². The Labute approximate surface area is 119 Å². The second kappa shape index (κ2) is 7.33. The molecule has 1 rings (SSSR count). The minimum atomic E-state index is -3.93. The molecule has 20 heavy (non-hydrogen) atoms. The molecule has 110 valence electrons. The highest BCUT2D eigenvalue weighted by Gasteiger charge is 2.26. The Morgan fingerprint density at radius 3 is 2.35 bits per heavy atom. The molecule has 0 aliphatic carbocycles. The zero-order chi connectivity index (χ0) is 15.2. The average molecular weight is 298 g/mol. The number of aryl methyl sites for hydroxylation is 1. The molecular weight excluding hydrogens is 280 g/mol. The van der Waals surface area contributed by atoms with Gasteiger partial charge in [-0.1, -0.05) is 23.8 Å². The Morgan fingerprint density at radius 1 is 1.30 bits per heavy atom. The van der Waals surface area contributed by atoms with E-state index in [0.717, 1.165) is 5.56 Å². The van der Waals surface area contributed by atoms with Crippen LogP contribution in [0.3, 0.4) is 0 Å². The van der Waals surface area contributed by atoms with E-state index in [1.165, 1.54) is 25.3 Å². The van der Waals surface area contributed by atoms with E-state index < -0.39 is 22.3 Å². The minimum Gasteiger partial charge on any atom is -0.378 e. The molecule has 0 N–H and O–H groups in total. The van der Waals surface area contributed by atoms with Crippen LogP contribution in [-0.2, 0) is 23.8 Å². The molecule has 0 aliphatic heterocycles. The lowest BCUT2D eigenvalue weighted by atomic mass is 10.1. The van der Waals surface area contributed by atoms with Crippen molar-refractivity contribution in [2.75, 3.05) is 7.11 Å². The molecule has 2 atom stereocenters. The first kappa shape index (κ1) is 16.6. The summed E-state index contributed by atoms with van der Waals surface area (Å²) in [4.78, 5) is 10.6. The van der Waals surface area contributed by atoms with Crippen LogP contribution in [0.5, 0.6) is 0 Å². The van der Waals surface area contributed by atoms with Crippen molar-refractivity contribution in [3.05, 3.63) is 42.5 Å². The van der Waals surface area contributed by atoms with E-state index in [2.05, 4.69) is 6.58 Å². The number of hydrogen-bond donors (Lipinski definition) is 0. The third-order valence-electron chi connectivity index (χ3n) is 2.78. The maximum Gasteiger partial charge on any atom is 0.297 e. The third-order valence-corrected chi connectivity index (χ3v) is 4.10. The summed E-state index contributed by atoms with van der Waals surface area (Å²) in [6.45, 7) is 5.37. The van der Waals surface area contributed by atoms with Crippen molar-refractivity contribution in [2.24, 2.45) is 0 Å². The van der Waals surface area contributed by atoms with Crippen molar-refractivity contribution >= 4 is 16.4 Å². The number of ether oxygens (including phenoxy) is 1. The van der Waals surface area contributed by atoms with Gasteiger partial charge in [-0.2, -0.15) is 8.42 Å². The molecule has 0 heterocycles. The van der Waals surface area contributed by atoms with Crippen LogP contribution in [0.25, 0.3) is 0 Å². The van der Waals surface area contributed by atoms with Crippen LogP contribution in [-0.4, -0.2) is 34.0 Å². The predicted molar refractivity (Wildman–Crippen MR) is 74.9 cm³/mol. The fraction of sp³-hybridized carbons (Fsp3) is 0.357. The van der Waals surface area contributed by atoms with Crippen molar-refractivity contribution in [3.8, 4) is 0 Å². The minimum absolute atomic E-state index is 0.0244. The molecule has 0 saturated heterocycles. The zero-order valence-corrected chi connectivity index (χ0v) is 12.3. The van der Waals surface area contributed by atoms with Gasteiger partial charge in [0.25, 0.3) is 10.1 Å². The lowest BCUT2D eigenvalue weighted by Gasteiger charge is -2.21.